The average Bonchev–Trinajstić information content (AvgIpc) is 2.80. The smallest absolute Gasteiger partial charge is 0.187 e. The zero-order valence-electron chi connectivity index (χ0n) is 8.23. The third kappa shape index (κ3) is 0.633. The van der Waals surface area contributed by atoms with Crippen LogP contribution < -0.4 is 0 Å². The van der Waals surface area contributed by atoms with E-state index in [-0.39, 0.29) is 5.41 Å². The minimum atomic E-state index is -0.0532. The Labute approximate surface area is 85.5 Å². The fourth-order valence-corrected chi connectivity index (χ4v) is 3.26. The minimum Gasteiger partial charge on any atom is -0.285 e. The highest BCUT2D eigenvalue weighted by atomic mass is 15.5. The molecule has 6 nitrogen and oxygen atoms in total. The zero-order chi connectivity index (χ0) is 10.0. The van der Waals surface area contributed by atoms with Gasteiger partial charge in [0, 0.05) is 6.20 Å². The highest BCUT2D eigenvalue weighted by molar-refractivity contribution is 5.49. The van der Waals surface area contributed by atoms with Crippen LogP contribution in [0.1, 0.15) is 24.0 Å². The first-order valence-electron chi connectivity index (χ1n) is 5.12. The number of nitrogens with one attached hydrogen (secondary N) is 2. The minimum absolute atomic E-state index is 0.0532. The molecule has 6 heteroatoms. The summed E-state index contributed by atoms with van der Waals surface area (Å²) < 4.78 is 0. The molecule has 0 bridgehead atoms. The monoisotopic (exact) mass is 202 g/mol. The Morgan fingerprint density at radius 2 is 2.40 bits per heavy atom. The third-order valence-electron chi connectivity index (χ3n) is 4.06. The lowest BCUT2D eigenvalue weighted by Crippen LogP contribution is -2.14. The van der Waals surface area contributed by atoms with Crippen molar-refractivity contribution in [2.75, 3.05) is 0 Å². The largest absolute Gasteiger partial charge is 0.285 e. The molecule has 2 aromatic rings. The highest BCUT2D eigenvalue weighted by Gasteiger charge is 2.71. The molecule has 2 heterocycles. The molecule has 2 aliphatic rings. The van der Waals surface area contributed by atoms with Gasteiger partial charge in [0.2, 0.25) is 0 Å². The van der Waals surface area contributed by atoms with Crippen molar-refractivity contribution in [3.63, 3.8) is 0 Å². The highest BCUT2D eigenvalue weighted by Crippen LogP contribution is 2.67. The Kier molecular flexibility index (Phi) is 1.06. The van der Waals surface area contributed by atoms with Crippen molar-refractivity contribution in [2.45, 2.75) is 18.8 Å². The second-order valence-corrected chi connectivity index (χ2v) is 4.46. The number of aromatic nitrogens is 6. The molecule has 76 valence electrons. The lowest BCUT2D eigenvalue weighted by atomic mass is 9.99. The van der Waals surface area contributed by atoms with E-state index in [2.05, 4.69) is 37.7 Å². The Bertz CT molecular complexity index is 514. The number of aromatic amines is 2. The number of hydrogen-bond donors (Lipinski definition) is 2. The van der Waals surface area contributed by atoms with Gasteiger partial charge >= 0.3 is 0 Å². The second kappa shape index (κ2) is 2.10. The van der Waals surface area contributed by atoms with Crippen molar-refractivity contribution in [3.8, 4) is 0 Å². The van der Waals surface area contributed by atoms with Crippen LogP contribution in [0.15, 0.2) is 6.20 Å². The van der Waals surface area contributed by atoms with Crippen molar-refractivity contribution in [1.29, 1.82) is 0 Å². The van der Waals surface area contributed by atoms with Crippen LogP contribution in [-0.4, -0.2) is 30.8 Å². The van der Waals surface area contributed by atoms with Crippen LogP contribution in [0.25, 0.3) is 0 Å². The molecule has 0 aromatic carbocycles. The molecule has 1 saturated carbocycles. The molecule has 1 fully saturated rings. The van der Waals surface area contributed by atoms with Crippen molar-refractivity contribution < 1.29 is 0 Å². The van der Waals surface area contributed by atoms with E-state index < -0.39 is 0 Å². The predicted molar refractivity (Wildman–Crippen MR) is 49.9 cm³/mol. The van der Waals surface area contributed by atoms with Gasteiger partial charge in [-0.3, -0.25) is 5.10 Å². The second-order valence-electron chi connectivity index (χ2n) is 4.46. The maximum atomic E-state index is 4.35. The summed E-state index contributed by atoms with van der Waals surface area (Å²) in [6.45, 7) is 2.23. The zero-order valence-corrected chi connectivity index (χ0v) is 8.23. The first-order valence-corrected chi connectivity index (χ1v) is 5.12. The fraction of sp³-hybridized carbons (Fsp3) is 0.556. The normalized spacial score (nSPS) is 36.3. The summed E-state index contributed by atoms with van der Waals surface area (Å²) in [4.78, 5) is 0. The van der Waals surface area contributed by atoms with Crippen LogP contribution in [0.3, 0.4) is 0 Å². The van der Waals surface area contributed by atoms with E-state index in [0.29, 0.717) is 11.8 Å². The summed E-state index contributed by atoms with van der Waals surface area (Å²) in [5.74, 6) is 1.99. The average molecular weight is 202 g/mol. The summed E-state index contributed by atoms with van der Waals surface area (Å²) in [5, 5.41) is 21.7. The van der Waals surface area contributed by atoms with E-state index in [4.69, 9.17) is 0 Å². The maximum absolute atomic E-state index is 4.35. The number of fused-ring (bicyclic) bond motifs is 3. The molecule has 15 heavy (non-hydrogen) atoms. The van der Waals surface area contributed by atoms with Crippen molar-refractivity contribution in [1.82, 2.24) is 30.8 Å². The number of nitrogens with zero attached hydrogens (tertiary/aromatic N) is 4. The lowest BCUT2D eigenvalue weighted by molar-refractivity contribution is 0.662. The van der Waals surface area contributed by atoms with E-state index in [9.17, 15) is 0 Å². The van der Waals surface area contributed by atoms with Crippen LogP contribution in [0.4, 0.5) is 0 Å². The number of H-pyrrole nitrogens is 2. The Morgan fingerprint density at radius 1 is 1.47 bits per heavy atom. The maximum Gasteiger partial charge on any atom is 0.187 e. The number of hydrogen-bond acceptors (Lipinski definition) is 4. The number of rotatable bonds is 1. The summed E-state index contributed by atoms with van der Waals surface area (Å²) >= 11 is 0. The molecular weight excluding hydrogens is 192 g/mol. The van der Waals surface area contributed by atoms with Crippen LogP contribution in [0.5, 0.6) is 0 Å². The van der Waals surface area contributed by atoms with Crippen molar-refractivity contribution in [2.24, 2.45) is 11.8 Å². The van der Waals surface area contributed by atoms with E-state index in [1.54, 1.807) is 0 Å². The number of tetrazole rings is 1. The SMILES string of the molecule is CC1C2Cc3c[nH]nc3C12c1nn[nH]n1. The summed E-state index contributed by atoms with van der Waals surface area (Å²) in [5.41, 5.74) is 2.38. The Morgan fingerprint density at radius 3 is 3.20 bits per heavy atom. The molecule has 0 aliphatic heterocycles. The summed E-state index contributed by atoms with van der Waals surface area (Å²) in [7, 11) is 0. The van der Waals surface area contributed by atoms with Gasteiger partial charge < -0.3 is 0 Å². The molecule has 2 N–H and O–H groups in total. The van der Waals surface area contributed by atoms with Crippen LogP contribution in [0, 0.1) is 11.8 Å². The molecule has 3 unspecified atom stereocenters. The van der Waals surface area contributed by atoms with Gasteiger partial charge in [0.1, 0.15) is 0 Å². The lowest BCUT2D eigenvalue weighted by Gasteiger charge is -2.07. The molecule has 0 spiro atoms. The van der Waals surface area contributed by atoms with Gasteiger partial charge in [-0.1, -0.05) is 12.1 Å². The molecule has 0 radical (unpaired) electrons. The first-order chi connectivity index (χ1) is 7.35. The Hall–Kier alpha value is -1.72. The quantitative estimate of drug-likeness (QED) is 0.683. The molecule has 3 atom stereocenters. The van der Waals surface area contributed by atoms with Gasteiger partial charge in [0.25, 0.3) is 0 Å². The predicted octanol–water partition coefficient (Wildman–Crippen LogP) is 0.0309. The van der Waals surface area contributed by atoms with E-state index in [1.165, 1.54) is 5.56 Å². The van der Waals surface area contributed by atoms with Gasteiger partial charge in [-0.15, -0.1) is 10.2 Å². The standard InChI is InChI=1S/C9H10N6/c1-4-6-2-5-3-10-11-7(5)9(4,6)8-12-14-15-13-8/h3-4,6H,2H2,1H3,(H,10,11)(H,12,13,14,15). The summed E-state index contributed by atoms with van der Waals surface area (Å²) in [6, 6.07) is 0. The van der Waals surface area contributed by atoms with Crippen LogP contribution in [-0.2, 0) is 11.8 Å². The van der Waals surface area contributed by atoms with Gasteiger partial charge in [-0.25, -0.2) is 0 Å². The van der Waals surface area contributed by atoms with Gasteiger partial charge in [0.05, 0.1) is 11.1 Å². The van der Waals surface area contributed by atoms with Gasteiger partial charge in [-0.2, -0.15) is 10.3 Å². The van der Waals surface area contributed by atoms with E-state index in [1.807, 2.05) is 6.20 Å². The van der Waals surface area contributed by atoms with Crippen molar-refractivity contribution in [3.05, 3.63) is 23.3 Å². The van der Waals surface area contributed by atoms with E-state index >= 15 is 0 Å². The first kappa shape index (κ1) is 7.56. The molecule has 0 amide bonds. The molecule has 4 rings (SSSR count). The van der Waals surface area contributed by atoms with Gasteiger partial charge in [-0.05, 0) is 23.8 Å². The molecule has 2 aromatic heterocycles. The Balaban J connectivity index is 1.97. The van der Waals surface area contributed by atoms with Crippen molar-refractivity contribution >= 4 is 0 Å². The molecular formula is C9H10N6. The topological polar surface area (TPSA) is 83.1 Å². The van der Waals surface area contributed by atoms with Crippen LogP contribution in [0.2, 0.25) is 0 Å². The van der Waals surface area contributed by atoms with E-state index in [0.717, 1.165) is 17.9 Å². The summed E-state index contributed by atoms with van der Waals surface area (Å²) in [6.07, 6.45) is 3.07. The molecule has 2 aliphatic carbocycles. The van der Waals surface area contributed by atoms with Gasteiger partial charge in [0.15, 0.2) is 5.82 Å². The van der Waals surface area contributed by atoms with Crippen LogP contribution >= 0.6 is 0 Å². The third-order valence-corrected chi connectivity index (χ3v) is 4.06. The fourth-order valence-electron chi connectivity index (χ4n) is 3.26. The molecule has 0 saturated heterocycles.